The van der Waals surface area contributed by atoms with Crippen LogP contribution in [0.3, 0.4) is 0 Å². The number of aryl methyl sites for hydroxylation is 1. The summed E-state index contributed by atoms with van der Waals surface area (Å²) in [4.78, 5) is 21.7. The molecule has 27 heavy (non-hydrogen) atoms. The average Bonchev–Trinajstić information content (AvgIpc) is 3.10. The van der Waals surface area contributed by atoms with Crippen LogP contribution in [0.5, 0.6) is 0 Å². The van der Waals surface area contributed by atoms with Crippen LogP contribution in [0.1, 0.15) is 49.0 Å². The molecule has 3 heterocycles. The van der Waals surface area contributed by atoms with E-state index in [0.29, 0.717) is 30.0 Å². The zero-order chi connectivity index (χ0) is 19.4. The van der Waals surface area contributed by atoms with E-state index in [1.165, 1.54) is 0 Å². The van der Waals surface area contributed by atoms with Gasteiger partial charge in [0.15, 0.2) is 0 Å². The number of nitrogens with zero attached hydrogens (tertiary/aromatic N) is 4. The zero-order valence-corrected chi connectivity index (χ0v) is 16.6. The second kappa shape index (κ2) is 8.52. The minimum atomic E-state index is 0.0584. The zero-order valence-electron chi connectivity index (χ0n) is 16.6. The lowest BCUT2D eigenvalue weighted by Gasteiger charge is -2.43. The number of hydrogen-bond donors (Lipinski definition) is 1. The molecule has 7 nitrogen and oxygen atoms in total. The second-order valence-corrected chi connectivity index (χ2v) is 7.36. The Labute approximate surface area is 160 Å². The SMILES string of the molecule is CCC1CN(C(=O)c2ccc(NCc3cc(C)on3)nc2)CCN1C(C)C. The number of amides is 1. The number of aromatic nitrogens is 2. The quantitative estimate of drug-likeness (QED) is 0.841. The molecule has 146 valence electrons. The highest BCUT2D eigenvalue weighted by molar-refractivity contribution is 5.94. The highest BCUT2D eigenvalue weighted by Gasteiger charge is 2.30. The van der Waals surface area contributed by atoms with E-state index in [-0.39, 0.29) is 5.91 Å². The third-order valence-corrected chi connectivity index (χ3v) is 5.09. The lowest BCUT2D eigenvalue weighted by molar-refractivity contribution is 0.0371. The minimum Gasteiger partial charge on any atom is -0.364 e. The molecule has 1 N–H and O–H groups in total. The number of piperazine rings is 1. The molecule has 0 aromatic carbocycles. The molecule has 1 atom stereocenters. The highest BCUT2D eigenvalue weighted by Crippen LogP contribution is 2.18. The Balaban J connectivity index is 1.58. The third kappa shape index (κ3) is 4.66. The highest BCUT2D eigenvalue weighted by atomic mass is 16.5. The lowest BCUT2D eigenvalue weighted by Crippen LogP contribution is -2.56. The summed E-state index contributed by atoms with van der Waals surface area (Å²) < 4.78 is 5.05. The van der Waals surface area contributed by atoms with Crippen molar-refractivity contribution in [1.29, 1.82) is 0 Å². The van der Waals surface area contributed by atoms with Crippen molar-refractivity contribution in [3.05, 3.63) is 41.4 Å². The Morgan fingerprint density at radius 3 is 2.78 bits per heavy atom. The first-order chi connectivity index (χ1) is 13.0. The molecule has 7 heteroatoms. The third-order valence-electron chi connectivity index (χ3n) is 5.09. The summed E-state index contributed by atoms with van der Waals surface area (Å²) in [6, 6.07) is 6.48. The van der Waals surface area contributed by atoms with Gasteiger partial charge in [-0.1, -0.05) is 12.1 Å². The van der Waals surface area contributed by atoms with E-state index in [0.717, 1.165) is 37.5 Å². The van der Waals surface area contributed by atoms with Crippen LogP contribution in [0.2, 0.25) is 0 Å². The second-order valence-electron chi connectivity index (χ2n) is 7.36. The topological polar surface area (TPSA) is 74.5 Å². The van der Waals surface area contributed by atoms with Crippen LogP contribution in [0.25, 0.3) is 0 Å². The number of carbonyl (C=O) groups is 1. The predicted molar refractivity (Wildman–Crippen MR) is 105 cm³/mol. The van der Waals surface area contributed by atoms with Gasteiger partial charge in [-0.25, -0.2) is 4.98 Å². The fourth-order valence-corrected chi connectivity index (χ4v) is 3.59. The number of nitrogens with one attached hydrogen (secondary N) is 1. The van der Waals surface area contributed by atoms with Gasteiger partial charge in [0, 0.05) is 44.0 Å². The van der Waals surface area contributed by atoms with E-state index in [1.54, 1.807) is 6.20 Å². The van der Waals surface area contributed by atoms with E-state index >= 15 is 0 Å². The van der Waals surface area contributed by atoms with E-state index < -0.39 is 0 Å². The van der Waals surface area contributed by atoms with Gasteiger partial charge in [-0.05, 0) is 39.3 Å². The van der Waals surface area contributed by atoms with Crippen LogP contribution in [0.4, 0.5) is 5.82 Å². The molecule has 0 saturated carbocycles. The van der Waals surface area contributed by atoms with Crippen LogP contribution in [-0.4, -0.2) is 57.6 Å². The van der Waals surface area contributed by atoms with Crippen LogP contribution < -0.4 is 5.32 Å². The van der Waals surface area contributed by atoms with Gasteiger partial charge in [0.1, 0.15) is 17.3 Å². The first-order valence-electron chi connectivity index (χ1n) is 9.65. The number of anilines is 1. The van der Waals surface area contributed by atoms with Crippen molar-refractivity contribution in [3.63, 3.8) is 0 Å². The van der Waals surface area contributed by atoms with Crippen LogP contribution in [0.15, 0.2) is 28.9 Å². The van der Waals surface area contributed by atoms with Crippen molar-refractivity contribution in [2.45, 2.75) is 52.7 Å². The van der Waals surface area contributed by atoms with Crippen molar-refractivity contribution in [1.82, 2.24) is 19.9 Å². The minimum absolute atomic E-state index is 0.0584. The van der Waals surface area contributed by atoms with Crippen LogP contribution in [-0.2, 0) is 6.54 Å². The monoisotopic (exact) mass is 371 g/mol. The summed E-state index contributed by atoms with van der Waals surface area (Å²) in [7, 11) is 0. The first-order valence-corrected chi connectivity index (χ1v) is 9.65. The molecule has 0 radical (unpaired) electrons. The number of pyridine rings is 1. The molecule has 1 amide bonds. The number of rotatable bonds is 6. The van der Waals surface area contributed by atoms with Gasteiger partial charge in [-0.2, -0.15) is 0 Å². The predicted octanol–water partition coefficient (Wildman–Crippen LogP) is 2.93. The van der Waals surface area contributed by atoms with Gasteiger partial charge in [0.2, 0.25) is 0 Å². The molecule has 0 spiro atoms. The van der Waals surface area contributed by atoms with E-state index in [2.05, 4.69) is 41.1 Å². The first kappa shape index (κ1) is 19.4. The van der Waals surface area contributed by atoms with Crippen LogP contribution >= 0.6 is 0 Å². The fourth-order valence-electron chi connectivity index (χ4n) is 3.59. The summed E-state index contributed by atoms with van der Waals surface area (Å²) >= 11 is 0. The molecule has 1 aliphatic heterocycles. The Morgan fingerprint density at radius 2 is 2.19 bits per heavy atom. The molecule has 0 aliphatic carbocycles. The van der Waals surface area contributed by atoms with Crippen molar-refractivity contribution in [3.8, 4) is 0 Å². The summed E-state index contributed by atoms with van der Waals surface area (Å²) in [5.74, 6) is 1.55. The molecule has 1 saturated heterocycles. The maximum Gasteiger partial charge on any atom is 0.255 e. The fraction of sp³-hybridized carbons (Fsp3) is 0.550. The maximum atomic E-state index is 12.9. The Kier molecular flexibility index (Phi) is 6.11. The van der Waals surface area contributed by atoms with Gasteiger partial charge >= 0.3 is 0 Å². The van der Waals surface area contributed by atoms with Gasteiger partial charge in [0.25, 0.3) is 5.91 Å². The summed E-state index contributed by atoms with van der Waals surface area (Å²) in [6.07, 6.45) is 2.69. The molecular weight excluding hydrogens is 342 g/mol. The van der Waals surface area contributed by atoms with Crippen molar-refractivity contribution < 1.29 is 9.32 Å². The van der Waals surface area contributed by atoms with Crippen molar-refractivity contribution in [2.75, 3.05) is 25.0 Å². The normalized spacial score (nSPS) is 18.1. The molecular formula is C20H29N5O2. The lowest BCUT2D eigenvalue weighted by atomic mass is 10.1. The molecule has 0 bridgehead atoms. The summed E-state index contributed by atoms with van der Waals surface area (Å²) in [6.45, 7) is 11.5. The van der Waals surface area contributed by atoms with Crippen molar-refractivity contribution in [2.24, 2.45) is 0 Å². The number of carbonyl (C=O) groups excluding carboxylic acids is 1. The maximum absolute atomic E-state index is 12.9. The van der Waals surface area contributed by atoms with E-state index in [4.69, 9.17) is 4.52 Å². The number of hydrogen-bond acceptors (Lipinski definition) is 6. The van der Waals surface area contributed by atoms with Crippen LogP contribution in [0, 0.1) is 6.92 Å². The van der Waals surface area contributed by atoms with E-state index in [1.807, 2.05) is 30.0 Å². The Morgan fingerprint density at radius 1 is 1.37 bits per heavy atom. The average molecular weight is 371 g/mol. The smallest absolute Gasteiger partial charge is 0.255 e. The Bertz CT molecular complexity index is 756. The van der Waals surface area contributed by atoms with Crippen molar-refractivity contribution >= 4 is 11.7 Å². The molecule has 1 unspecified atom stereocenters. The Hall–Kier alpha value is -2.41. The molecule has 2 aromatic heterocycles. The standard InChI is InChI=1S/C20H29N5O2/c1-5-18-13-24(8-9-25(18)14(2)3)20(26)16-6-7-19(21-11-16)22-12-17-10-15(4)27-23-17/h6-7,10-11,14,18H,5,8-9,12-13H2,1-4H3,(H,21,22). The molecule has 3 rings (SSSR count). The van der Waals surface area contributed by atoms with Gasteiger partial charge in [-0.3, -0.25) is 9.69 Å². The van der Waals surface area contributed by atoms with Gasteiger partial charge < -0.3 is 14.7 Å². The van der Waals surface area contributed by atoms with Gasteiger partial charge in [-0.15, -0.1) is 0 Å². The van der Waals surface area contributed by atoms with Gasteiger partial charge in [0.05, 0.1) is 12.1 Å². The summed E-state index contributed by atoms with van der Waals surface area (Å²) in [5.41, 5.74) is 1.45. The van der Waals surface area contributed by atoms with E-state index in [9.17, 15) is 4.79 Å². The largest absolute Gasteiger partial charge is 0.364 e. The molecule has 2 aromatic rings. The summed E-state index contributed by atoms with van der Waals surface area (Å²) in [5, 5.41) is 7.13. The molecule has 1 fully saturated rings. The molecule has 1 aliphatic rings.